The van der Waals surface area contributed by atoms with Crippen LogP contribution in [0.2, 0.25) is 0 Å². The van der Waals surface area contributed by atoms with Crippen LogP contribution in [0.25, 0.3) is 0 Å². The molecule has 0 amide bonds. The fourth-order valence-corrected chi connectivity index (χ4v) is 1.91. The Morgan fingerprint density at radius 2 is 2.00 bits per heavy atom. The maximum Gasteiger partial charge on any atom is 0.499 e. The molecule has 0 unspecified atom stereocenters. The molecule has 14 heavy (non-hydrogen) atoms. The number of benzene rings is 1. The summed E-state index contributed by atoms with van der Waals surface area (Å²) in [4.78, 5) is 18.4. The Hall–Kier alpha value is -0.823. The zero-order chi connectivity index (χ0) is 10.8. The van der Waals surface area contributed by atoms with Gasteiger partial charge in [-0.15, -0.1) is 0 Å². The van der Waals surface area contributed by atoms with Gasteiger partial charge in [0.1, 0.15) is 11.6 Å². The van der Waals surface area contributed by atoms with Gasteiger partial charge in [0, 0.05) is 19.2 Å². The van der Waals surface area contributed by atoms with Gasteiger partial charge in [-0.3, -0.25) is 0 Å². The molecule has 0 aliphatic heterocycles. The minimum atomic E-state index is -3.83. The zero-order valence-electron chi connectivity index (χ0n) is 7.50. The highest BCUT2D eigenvalue weighted by Crippen LogP contribution is 2.13. The quantitative estimate of drug-likeness (QED) is 0.734. The van der Waals surface area contributed by atoms with Crippen molar-refractivity contribution in [1.29, 1.82) is 0 Å². The van der Waals surface area contributed by atoms with Gasteiger partial charge in [0.15, 0.2) is 0 Å². The van der Waals surface area contributed by atoms with Crippen molar-refractivity contribution < 1.29 is 22.8 Å². The van der Waals surface area contributed by atoms with E-state index in [0.29, 0.717) is 6.07 Å². The standard InChI is InChI=1S/C8H10F2O3Si/c1-13-14(11,12)5-6-2-3-7(9)4-8(6)10/h2-4,11-12H,5H2,1H3. The van der Waals surface area contributed by atoms with Crippen LogP contribution in [0.15, 0.2) is 18.2 Å². The van der Waals surface area contributed by atoms with Crippen LogP contribution in [0.4, 0.5) is 8.78 Å². The third-order valence-electron chi connectivity index (χ3n) is 1.76. The van der Waals surface area contributed by atoms with Crippen molar-refractivity contribution in [2.75, 3.05) is 7.11 Å². The molecule has 0 bridgehead atoms. The maximum absolute atomic E-state index is 13.0. The molecule has 1 aromatic carbocycles. The van der Waals surface area contributed by atoms with Crippen molar-refractivity contribution in [3.8, 4) is 0 Å². The van der Waals surface area contributed by atoms with E-state index in [1.165, 1.54) is 0 Å². The van der Waals surface area contributed by atoms with Crippen LogP contribution in [0.5, 0.6) is 0 Å². The smallest absolute Gasteiger partial charge is 0.390 e. The number of hydrogen-bond donors (Lipinski definition) is 2. The summed E-state index contributed by atoms with van der Waals surface area (Å²) in [5.41, 5.74) is 0.0323. The average molecular weight is 220 g/mol. The molecule has 0 heterocycles. The lowest BCUT2D eigenvalue weighted by Crippen LogP contribution is -2.41. The summed E-state index contributed by atoms with van der Waals surface area (Å²) >= 11 is 0. The predicted molar refractivity (Wildman–Crippen MR) is 47.3 cm³/mol. The van der Waals surface area contributed by atoms with Crippen molar-refractivity contribution in [2.24, 2.45) is 0 Å². The van der Waals surface area contributed by atoms with E-state index in [-0.39, 0.29) is 11.6 Å². The number of hydrogen-bond acceptors (Lipinski definition) is 3. The fraction of sp³-hybridized carbons (Fsp3) is 0.250. The van der Waals surface area contributed by atoms with E-state index in [4.69, 9.17) is 0 Å². The minimum absolute atomic E-state index is 0.0323. The lowest BCUT2D eigenvalue weighted by atomic mass is 10.2. The molecule has 0 aromatic heterocycles. The first-order chi connectivity index (χ1) is 6.44. The molecule has 0 saturated carbocycles. The molecule has 0 spiro atoms. The molecule has 0 radical (unpaired) electrons. The zero-order valence-corrected chi connectivity index (χ0v) is 8.50. The summed E-state index contributed by atoms with van der Waals surface area (Å²) in [5, 5.41) is 0. The van der Waals surface area contributed by atoms with E-state index in [0.717, 1.165) is 19.2 Å². The first kappa shape index (κ1) is 11.3. The molecule has 78 valence electrons. The van der Waals surface area contributed by atoms with Gasteiger partial charge in [-0.25, -0.2) is 8.78 Å². The second kappa shape index (κ2) is 4.14. The highest BCUT2D eigenvalue weighted by Gasteiger charge is 2.32. The topological polar surface area (TPSA) is 49.7 Å². The summed E-state index contributed by atoms with van der Waals surface area (Å²) in [6.07, 6.45) is 0. The summed E-state index contributed by atoms with van der Waals surface area (Å²) in [5.74, 6) is -1.51. The molecule has 3 nitrogen and oxygen atoms in total. The van der Waals surface area contributed by atoms with Gasteiger partial charge in [0.2, 0.25) is 0 Å². The van der Waals surface area contributed by atoms with Crippen LogP contribution in [0.3, 0.4) is 0 Å². The van der Waals surface area contributed by atoms with Gasteiger partial charge >= 0.3 is 8.80 Å². The molecule has 1 rings (SSSR count). The van der Waals surface area contributed by atoms with Crippen LogP contribution in [-0.4, -0.2) is 25.5 Å². The van der Waals surface area contributed by atoms with Crippen molar-refractivity contribution in [3.63, 3.8) is 0 Å². The number of rotatable bonds is 3. The lowest BCUT2D eigenvalue weighted by Gasteiger charge is -2.14. The van der Waals surface area contributed by atoms with Crippen molar-refractivity contribution in [2.45, 2.75) is 6.04 Å². The lowest BCUT2D eigenvalue weighted by molar-refractivity contribution is 0.183. The highest BCUT2D eigenvalue weighted by molar-refractivity contribution is 6.57. The molecule has 0 aliphatic rings. The minimum Gasteiger partial charge on any atom is -0.390 e. The molecule has 0 fully saturated rings. The van der Waals surface area contributed by atoms with Crippen LogP contribution >= 0.6 is 0 Å². The molecule has 0 atom stereocenters. The first-order valence-electron chi connectivity index (χ1n) is 3.88. The molecule has 0 aliphatic carbocycles. The van der Waals surface area contributed by atoms with E-state index < -0.39 is 20.4 Å². The van der Waals surface area contributed by atoms with Gasteiger partial charge in [0.25, 0.3) is 0 Å². The van der Waals surface area contributed by atoms with E-state index in [2.05, 4.69) is 4.43 Å². The van der Waals surface area contributed by atoms with Gasteiger partial charge in [0.05, 0.1) is 0 Å². The molecular weight excluding hydrogens is 210 g/mol. The Kier molecular flexibility index (Phi) is 3.32. The average Bonchev–Trinajstić information content (AvgIpc) is 2.10. The van der Waals surface area contributed by atoms with Crippen molar-refractivity contribution in [3.05, 3.63) is 35.4 Å². The van der Waals surface area contributed by atoms with E-state index >= 15 is 0 Å². The second-order valence-corrected chi connectivity index (χ2v) is 5.11. The second-order valence-electron chi connectivity index (χ2n) is 2.86. The van der Waals surface area contributed by atoms with Crippen molar-refractivity contribution >= 4 is 8.80 Å². The van der Waals surface area contributed by atoms with Crippen LogP contribution in [0, 0.1) is 11.6 Å². The summed E-state index contributed by atoms with van der Waals surface area (Å²) in [6.45, 7) is 0. The van der Waals surface area contributed by atoms with Gasteiger partial charge in [-0.1, -0.05) is 6.07 Å². The molecule has 6 heteroatoms. The van der Waals surface area contributed by atoms with Crippen LogP contribution in [-0.2, 0) is 10.5 Å². The van der Waals surface area contributed by atoms with Crippen LogP contribution in [0.1, 0.15) is 5.56 Å². The monoisotopic (exact) mass is 220 g/mol. The molecular formula is C8H10F2O3Si. The summed E-state index contributed by atoms with van der Waals surface area (Å²) in [7, 11) is -2.70. The Morgan fingerprint density at radius 1 is 1.36 bits per heavy atom. The largest absolute Gasteiger partial charge is 0.499 e. The third kappa shape index (κ3) is 2.84. The molecule has 0 saturated heterocycles. The van der Waals surface area contributed by atoms with Gasteiger partial charge in [-0.05, 0) is 11.6 Å². The Balaban J connectivity index is 2.87. The number of halogens is 2. The molecule has 1 aromatic rings. The summed E-state index contributed by atoms with van der Waals surface area (Å²) in [6, 6.07) is 2.58. The molecule has 2 N–H and O–H groups in total. The third-order valence-corrected chi connectivity index (χ3v) is 3.26. The predicted octanol–water partition coefficient (Wildman–Crippen LogP) is 0.616. The fourth-order valence-electron chi connectivity index (χ4n) is 0.985. The van der Waals surface area contributed by atoms with E-state index in [9.17, 15) is 18.4 Å². The van der Waals surface area contributed by atoms with Crippen molar-refractivity contribution in [1.82, 2.24) is 0 Å². The Labute approximate surface area is 80.9 Å². The Bertz CT molecular complexity index is 330. The maximum atomic E-state index is 13.0. The van der Waals surface area contributed by atoms with Gasteiger partial charge < -0.3 is 14.0 Å². The Morgan fingerprint density at radius 3 is 2.50 bits per heavy atom. The SMILES string of the molecule is CO[Si](O)(O)Cc1ccc(F)cc1F. The van der Waals surface area contributed by atoms with Crippen LogP contribution < -0.4 is 0 Å². The van der Waals surface area contributed by atoms with Gasteiger partial charge in [-0.2, -0.15) is 0 Å². The first-order valence-corrected chi connectivity index (χ1v) is 5.89. The van der Waals surface area contributed by atoms with E-state index in [1.54, 1.807) is 0 Å². The summed E-state index contributed by atoms with van der Waals surface area (Å²) < 4.78 is 29.9. The normalized spacial score (nSPS) is 11.8. The van der Waals surface area contributed by atoms with E-state index in [1.807, 2.05) is 0 Å². The highest BCUT2D eigenvalue weighted by atomic mass is 28.4.